The Labute approximate surface area is 187 Å². The van der Waals surface area contributed by atoms with Crippen molar-refractivity contribution in [2.45, 2.75) is 24.8 Å². The number of amides is 1. The molecule has 4 rings (SSSR count). The number of hydrogen-bond acceptors (Lipinski definition) is 5. The monoisotopic (exact) mass is 452 g/mol. The van der Waals surface area contributed by atoms with Gasteiger partial charge in [0.2, 0.25) is 0 Å². The Morgan fingerprint density at radius 3 is 2.38 bits per heavy atom. The van der Waals surface area contributed by atoms with Crippen molar-refractivity contribution in [2.24, 2.45) is 0 Å². The molecule has 0 aliphatic carbocycles. The molecular formula is C24H24N2O5S. The van der Waals surface area contributed by atoms with E-state index in [1.807, 2.05) is 25.1 Å². The first-order valence-electron chi connectivity index (χ1n) is 10.2. The van der Waals surface area contributed by atoms with Gasteiger partial charge in [-0.05, 0) is 67.4 Å². The van der Waals surface area contributed by atoms with Crippen LogP contribution in [0.15, 0.2) is 71.6 Å². The zero-order valence-corrected chi connectivity index (χ0v) is 18.6. The summed E-state index contributed by atoms with van der Waals surface area (Å²) in [7, 11) is -3.70. The predicted molar refractivity (Wildman–Crippen MR) is 122 cm³/mol. The summed E-state index contributed by atoms with van der Waals surface area (Å²) < 4.78 is 38.9. The Morgan fingerprint density at radius 1 is 0.938 bits per heavy atom. The van der Waals surface area contributed by atoms with Crippen LogP contribution in [0, 0.1) is 6.92 Å². The lowest BCUT2D eigenvalue weighted by atomic mass is 10.1. The molecule has 32 heavy (non-hydrogen) atoms. The SMILES string of the molecule is Cc1cc(C(=O)N[C@H](C)c2ccc3c(c2)OCCO3)ccc1NS(=O)(=O)c1ccccc1. The molecule has 1 atom stereocenters. The van der Waals surface area contributed by atoms with Crippen LogP contribution >= 0.6 is 0 Å². The number of benzene rings is 3. The Balaban J connectivity index is 1.46. The normalized spacial score (nSPS) is 13.8. The molecule has 8 heteroatoms. The number of aryl methyl sites for hydroxylation is 1. The maximum Gasteiger partial charge on any atom is 0.261 e. The van der Waals surface area contributed by atoms with Crippen molar-refractivity contribution in [3.8, 4) is 11.5 Å². The topological polar surface area (TPSA) is 93.7 Å². The van der Waals surface area contributed by atoms with Crippen molar-refractivity contribution in [3.05, 3.63) is 83.4 Å². The van der Waals surface area contributed by atoms with Crippen molar-refractivity contribution in [3.63, 3.8) is 0 Å². The van der Waals surface area contributed by atoms with Crippen LogP contribution in [-0.4, -0.2) is 27.5 Å². The van der Waals surface area contributed by atoms with Gasteiger partial charge in [0.1, 0.15) is 13.2 Å². The fraction of sp³-hybridized carbons (Fsp3) is 0.208. The molecule has 3 aromatic rings. The smallest absolute Gasteiger partial charge is 0.261 e. The summed E-state index contributed by atoms with van der Waals surface area (Å²) in [5.74, 6) is 1.11. The van der Waals surface area contributed by atoms with Crippen LogP contribution in [0.25, 0.3) is 0 Å². The standard InChI is InChI=1S/C24H24N2O5S/c1-16-14-19(8-10-21(16)26-32(28,29)20-6-4-3-5-7-20)24(27)25-17(2)18-9-11-22-23(15-18)31-13-12-30-22/h3-11,14-15,17,26H,12-13H2,1-2H3,(H,25,27)/t17-/m1/s1. The molecule has 0 bridgehead atoms. The van der Waals surface area contributed by atoms with Crippen LogP contribution < -0.4 is 19.5 Å². The minimum atomic E-state index is -3.70. The lowest BCUT2D eigenvalue weighted by molar-refractivity contribution is 0.0939. The first-order valence-corrected chi connectivity index (χ1v) is 11.7. The van der Waals surface area contributed by atoms with Gasteiger partial charge in [-0.25, -0.2) is 8.42 Å². The molecule has 0 radical (unpaired) electrons. The zero-order valence-electron chi connectivity index (χ0n) is 17.8. The second-order valence-electron chi connectivity index (χ2n) is 7.55. The van der Waals surface area contributed by atoms with Gasteiger partial charge < -0.3 is 14.8 Å². The van der Waals surface area contributed by atoms with E-state index in [-0.39, 0.29) is 16.8 Å². The maximum atomic E-state index is 12.8. The fourth-order valence-electron chi connectivity index (χ4n) is 3.42. The number of carbonyl (C=O) groups excluding carboxylic acids is 1. The van der Waals surface area contributed by atoms with Crippen LogP contribution in [0.1, 0.15) is 34.5 Å². The lowest BCUT2D eigenvalue weighted by Crippen LogP contribution is -2.27. The third-order valence-electron chi connectivity index (χ3n) is 5.20. The summed E-state index contributed by atoms with van der Waals surface area (Å²) in [6.45, 7) is 4.66. The summed E-state index contributed by atoms with van der Waals surface area (Å²) in [6.07, 6.45) is 0. The predicted octanol–water partition coefficient (Wildman–Crippen LogP) is 4.06. The molecule has 2 N–H and O–H groups in total. The third kappa shape index (κ3) is 4.70. The number of ether oxygens (including phenoxy) is 2. The van der Waals surface area contributed by atoms with Crippen LogP contribution in [0.2, 0.25) is 0 Å². The van der Waals surface area contributed by atoms with Gasteiger partial charge in [0.05, 0.1) is 16.6 Å². The van der Waals surface area contributed by atoms with Crippen molar-refractivity contribution < 1.29 is 22.7 Å². The van der Waals surface area contributed by atoms with Crippen molar-refractivity contribution in [2.75, 3.05) is 17.9 Å². The van der Waals surface area contributed by atoms with Crippen LogP contribution in [0.3, 0.4) is 0 Å². The fourth-order valence-corrected chi connectivity index (χ4v) is 4.57. The highest BCUT2D eigenvalue weighted by atomic mass is 32.2. The summed E-state index contributed by atoms with van der Waals surface area (Å²) in [6, 6.07) is 18.3. The molecule has 3 aromatic carbocycles. The second kappa shape index (κ2) is 8.92. The molecule has 0 aromatic heterocycles. The molecule has 0 fully saturated rings. The van der Waals surface area contributed by atoms with Gasteiger partial charge in [-0.15, -0.1) is 0 Å². The molecular weight excluding hydrogens is 428 g/mol. The van der Waals surface area contributed by atoms with Crippen molar-refractivity contribution in [1.82, 2.24) is 5.32 Å². The Morgan fingerprint density at radius 2 is 1.66 bits per heavy atom. The molecule has 7 nitrogen and oxygen atoms in total. The summed E-state index contributed by atoms with van der Waals surface area (Å²) >= 11 is 0. The molecule has 0 saturated carbocycles. The van der Waals surface area contributed by atoms with Crippen LogP contribution in [0.5, 0.6) is 11.5 Å². The average Bonchev–Trinajstić information content (AvgIpc) is 2.80. The molecule has 1 amide bonds. The number of hydrogen-bond donors (Lipinski definition) is 2. The maximum absolute atomic E-state index is 12.8. The Kier molecular flexibility index (Phi) is 6.05. The Bertz CT molecular complexity index is 1240. The van der Waals surface area contributed by atoms with Gasteiger partial charge in [-0.3, -0.25) is 9.52 Å². The first kappa shape index (κ1) is 21.7. The largest absolute Gasteiger partial charge is 0.486 e. The first-order chi connectivity index (χ1) is 15.3. The van der Waals surface area contributed by atoms with Gasteiger partial charge in [0, 0.05) is 5.56 Å². The number of rotatable bonds is 6. The van der Waals surface area contributed by atoms with E-state index in [0.717, 1.165) is 5.56 Å². The van der Waals surface area contributed by atoms with Gasteiger partial charge >= 0.3 is 0 Å². The zero-order chi connectivity index (χ0) is 22.7. The van der Waals surface area contributed by atoms with Crippen molar-refractivity contribution >= 4 is 21.6 Å². The second-order valence-corrected chi connectivity index (χ2v) is 9.23. The highest BCUT2D eigenvalue weighted by Gasteiger charge is 2.18. The van der Waals surface area contributed by atoms with E-state index < -0.39 is 10.0 Å². The van der Waals surface area contributed by atoms with E-state index >= 15 is 0 Å². The number of fused-ring (bicyclic) bond motifs is 1. The number of sulfonamides is 1. The van der Waals surface area contributed by atoms with Gasteiger partial charge in [-0.1, -0.05) is 24.3 Å². The average molecular weight is 453 g/mol. The quantitative estimate of drug-likeness (QED) is 0.588. The van der Waals surface area contributed by atoms with E-state index in [1.165, 1.54) is 12.1 Å². The van der Waals surface area contributed by atoms with Gasteiger partial charge in [0.15, 0.2) is 11.5 Å². The number of anilines is 1. The lowest BCUT2D eigenvalue weighted by Gasteiger charge is -2.21. The molecule has 1 aliphatic heterocycles. The van der Waals surface area contributed by atoms with E-state index in [2.05, 4.69) is 10.0 Å². The minimum Gasteiger partial charge on any atom is -0.486 e. The molecule has 0 spiro atoms. The van der Waals surface area contributed by atoms with Crippen molar-refractivity contribution in [1.29, 1.82) is 0 Å². The molecule has 0 unspecified atom stereocenters. The minimum absolute atomic E-state index is 0.175. The Hall–Kier alpha value is -3.52. The molecule has 166 valence electrons. The van der Waals surface area contributed by atoms with E-state index in [1.54, 1.807) is 43.3 Å². The van der Waals surface area contributed by atoms with E-state index in [4.69, 9.17) is 9.47 Å². The van der Waals surface area contributed by atoms with E-state index in [0.29, 0.717) is 41.5 Å². The highest BCUT2D eigenvalue weighted by Crippen LogP contribution is 2.32. The van der Waals surface area contributed by atoms with Gasteiger partial charge in [-0.2, -0.15) is 0 Å². The van der Waals surface area contributed by atoms with Gasteiger partial charge in [0.25, 0.3) is 15.9 Å². The molecule has 1 aliphatic rings. The highest BCUT2D eigenvalue weighted by molar-refractivity contribution is 7.92. The summed E-state index contributed by atoms with van der Waals surface area (Å²) in [4.78, 5) is 13.0. The van der Waals surface area contributed by atoms with E-state index in [9.17, 15) is 13.2 Å². The summed E-state index contributed by atoms with van der Waals surface area (Å²) in [5.41, 5.74) is 2.40. The third-order valence-corrected chi connectivity index (χ3v) is 6.58. The summed E-state index contributed by atoms with van der Waals surface area (Å²) in [5, 5.41) is 2.97. The molecule has 1 heterocycles. The number of carbonyl (C=O) groups is 1. The molecule has 0 saturated heterocycles. The van der Waals surface area contributed by atoms with Crippen LogP contribution in [-0.2, 0) is 10.0 Å². The van der Waals surface area contributed by atoms with Crippen LogP contribution in [0.4, 0.5) is 5.69 Å². The number of nitrogens with one attached hydrogen (secondary N) is 2.